The number of benzene rings is 1. The lowest BCUT2D eigenvalue weighted by molar-refractivity contribution is -0.137. The minimum absolute atomic E-state index is 0.261. The van der Waals surface area contributed by atoms with Crippen molar-refractivity contribution in [3.05, 3.63) is 35.9 Å². The average molecular weight is 268 g/mol. The second-order valence-electron chi connectivity index (χ2n) is 4.06. The summed E-state index contributed by atoms with van der Waals surface area (Å²) < 4.78 is 0.525. The van der Waals surface area contributed by atoms with Crippen LogP contribution in [0.25, 0.3) is 0 Å². The topological polar surface area (TPSA) is 37.3 Å². The van der Waals surface area contributed by atoms with Gasteiger partial charge in [-0.05, 0) is 12.0 Å². The van der Waals surface area contributed by atoms with Gasteiger partial charge in [0.25, 0.3) is 0 Å². The second-order valence-corrected chi connectivity index (χ2v) is 6.86. The standard InChI is InChI=1S/C13H16O2S2/c14-12(15)7-6-11(13-16-8-9-17-13)10-4-2-1-3-5-10/h1-5,11,13H,6-9H2,(H,14,15)/t11-/m1/s1. The number of thioether (sulfide) groups is 2. The van der Waals surface area contributed by atoms with Crippen molar-refractivity contribution in [1.82, 2.24) is 0 Å². The molecule has 0 unspecified atom stereocenters. The molecule has 1 aromatic rings. The molecule has 0 radical (unpaired) electrons. The van der Waals surface area contributed by atoms with Gasteiger partial charge in [-0.1, -0.05) is 30.3 Å². The average Bonchev–Trinajstić information content (AvgIpc) is 2.84. The zero-order valence-electron chi connectivity index (χ0n) is 9.54. The Morgan fingerprint density at radius 1 is 1.29 bits per heavy atom. The largest absolute Gasteiger partial charge is 0.481 e. The van der Waals surface area contributed by atoms with Gasteiger partial charge in [0.2, 0.25) is 0 Å². The fraction of sp³-hybridized carbons (Fsp3) is 0.462. The summed E-state index contributed by atoms with van der Waals surface area (Å²) in [5.74, 6) is 2.04. The van der Waals surface area contributed by atoms with E-state index in [1.165, 1.54) is 17.1 Å². The lowest BCUT2D eigenvalue weighted by atomic mass is 9.96. The molecule has 0 saturated carbocycles. The molecule has 0 spiro atoms. The maximum atomic E-state index is 10.7. The van der Waals surface area contributed by atoms with Crippen molar-refractivity contribution in [2.45, 2.75) is 23.3 Å². The normalized spacial score (nSPS) is 18.1. The van der Waals surface area contributed by atoms with E-state index in [0.29, 0.717) is 10.5 Å². The summed E-state index contributed by atoms with van der Waals surface area (Å²) in [6.45, 7) is 0. The number of carboxylic acid groups (broad SMARTS) is 1. The van der Waals surface area contributed by atoms with Crippen LogP contribution in [0.2, 0.25) is 0 Å². The highest BCUT2D eigenvalue weighted by Gasteiger charge is 2.27. The molecule has 0 amide bonds. The third-order valence-corrected chi connectivity index (χ3v) is 6.14. The molecule has 1 saturated heterocycles. The Hall–Kier alpha value is -0.610. The van der Waals surface area contributed by atoms with Gasteiger partial charge in [0.05, 0.1) is 4.58 Å². The molecule has 0 aromatic heterocycles. The van der Waals surface area contributed by atoms with E-state index in [1.54, 1.807) is 0 Å². The number of carbonyl (C=O) groups is 1. The van der Waals surface area contributed by atoms with Gasteiger partial charge < -0.3 is 5.11 Å². The number of carboxylic acids is 1. The highest BCUT2D eigenvalue weighted by molar-refractivity contribution is 8.20. The van der Waals surface area contributed by atoms with E-state index in [2.05, 4.69) is 12.1 Å². The molecule has 2 rings (SSSR count). The first kappa shape index (κ1) is 12.8. The summed E-state index contributed by atoms with van der Waals surface area (Å²) in [5.41, 5.74) is 1.28. The van der Waals surface area contributed by atoms with Crippen LogP contribution in [0.15, 0.2) is 30.3 Å². The van der Waals surface area contributed by atoms with E-state index in [0.717, 1.165) is 6.42 Å². The van der Waals surface area contributed by atoms with E-state index in [9.17, 15) is 4.79 Å². The van der Waals surface area contributed by atoms with Gasteiger partial charge in [-0.3, -0.25) is 4.79 Å². The summed E-state index contributed by atoms with van der Waals surface area (Å²) in [6.07, 6.45) is 1.00. The molecule has 1 atom stereocenters. The van der Waals surface area contributed by atoms with Gasteiger partial charge in [-0.15, -0.1) is 23.5 Å². The molecule has 92 valence electrons. The predicted molar refractivity (Wildman–Crippen MR) is 74.8 cm³/mol. The zero-order chi connectivity index (χ0) is 12.1. The van der Waals surface area contributed by atoms with Crippen molar-refractivity contribution >= 4 is 29.5 Å². The van der Waals surface area contributed by atoms with Gasteiger partial charge in [0.1, 0.15) is 0 Å². The fourth-order valence-electron chi connectivity index (χ4n) is 2.05. The molecule has 1 heterocycles. The monoisotopic (exact) mass is 268 g/mol. The molecule has 1 fully saturated rings. The highest BCUT2D eigenvalue weighted by Crippen LogP contribution is 2.43. The second kappa shape index (κ2) is 6.36. The Labute approximate surface area is 110 Å². The lowest BCUT2D eigenvalue weighted by Crippen LogP contribution is -2.12. The Kier molecular flexibility index (Phi) is 4.80. The SMILES string of the molecule is O=C(O)CC[C@H](c1ccccc1)C1SCCS1. The van der Waals surface area contributed by atoms with Crippen LogP contribution in [0.5, 0.6) is 0 Å². The Bertz CT molecular complexity index is 361. The first-order valence-electron chi connectivity index (χ1n) is 5.77. The quantitative estimate of drug-likeness (QED) is 0.887. The Morgan fingerprint density at radius 2 is 1.94 bits per heavy atom. The smallest absolute Gasteiger partial charge is 0.303 e. The van der Waals surface area contributed by atoms with Gasteiger partial charge in [-0.2, -0.15) is 0 Å². The van der Waals surface area contributed by atoms with Crippen molar-refractivity contribution in [3.63, 3.8) is 0 Å². The first-order valence-corrected chi connectivity index (χ1v) is 7.87. The number of hydrogen-bond donors (Lipinski definition) is 1. The molecule has 0 aliphatic carbocycles. The molecular formula is C13H16O2S2. The summed E-state index contributed by atoms with van der Waals surface area (Å²) in [7, 11) is 0. The molecule has 1 N–H and O–H groups in total. The first-order chi connectivity index (χ1) is 8.27. The molecule has 17 heavy (non-hydrogen) atoms. The summed E-state index contributed by atoms with van der Waals surface area (Å²) in [5, 5.41) is 8.84. The molecular weight excluding hydrogens is 252 g/mol. The highest BCUT2D eigenvalue weighted by atomic mass is 32.2. The van der Waals surface area contributed by atoms with E-state index < -0.39 is 5.97 Å². The van der Waals surface area contributed by atoms with Crippen molar-refractivity contribution in [3.8, 4) is 0 Å². The van der Waals surface area contributed by atoms with E-state index in [-0.39, 0.29) is 6.42 Å². The summed E-state index contributed by atoms with van der Waals surface area (Å²) >= 11 is 3.93. The fourth-order valence-corrected chi connectivity index (χ4v) is 5.30. The minimum atomic E-state index is -0.695. The van der Waals surface area contributed by atoms with Crippen LogP contribution in [0.4, 0.5) is 0 Å². The summed E-state index contributed by atoms with van der Waals surface area (Å²) in [6, 6.07) is 10.3. The third-order valence-electron chi connectivity index (χ3n) is 2.87. The molecule has 2 nitrogen and oxygen atoms in total. The van der Waals surface area contributed by atoms with Crippen LogP contribution in [0, 0.1) is 0 Å². The van der Waals surface area contributed by atoms with E-state index >= 15 is 0 Å². The van der Waals surface area contributed by atoms with Crippen LogP contribution < -0.4 is 0 Å². The van der Waals surface area contributed by atoms with Crippen molar-refractivity contribution < 1.29 is 9.90 Å². The Balaban J connectivity index is 2.08. The van der Waals surface area contributed by atoms with Gasteiger partial charge in [0.15, 0.2) is 0 Å². The minimum Gasteiger partial charge on any atom is -0.481 e. The number of aliphatic carboxylic acids is 1. The van der Waals surface area contributed by atoms with Crippen molar-refractivity contribution in [1.29, 1.82) is 0 Å². The lowest BCUT2D eigenvalue weighted by Gasteiger charge is -2.22. The summed E-state index contributed by atoms with van der Waals surface area (Å²) in [4.78, 5) is 10.7. The Morgan fingerprint density at radius 3 is 2.53 bits per heavy atom. The third kappa shape index (κ3) is 3.68. The van der Waals surface area contributed by atoms with E-state index in [1.807, 2.05) is 41.7 Å². The maximum absolute atomic E-state index is 10.7. The van der Waals surface area contributed by atoms with Gasteiger partial charge in [-0.25, -0.2) is 0 Å². The van der Waals surface area contributed by atoms with Crippen LogP contribution in [-0.4, -0.2) is 27.2 Å². The van der Waals surface area contributed by atoms with Crippen LogP contribution in [-0.2, 0) is 4.79 Å². The number of rotatable bonds is 5. The number of hydrogen-bond acceptors (Lipinski definition) is 3. The zero-order valence-corrected chi connectivity index (χ0v) is 11.2. The maximum Gasteiger partial charge on any atom is 0.303 e. The van der Waals surface area contributed by atoms with Crippen LogP contribution >= 0.6 is 23.5 Å². The van der Waals surface area contributed by atoms with Crippen molar-refractivity contribution in [2.75, 3.05) is 11.5 Å². The molecule has 1 aliphatic heterocycles. The van der Waals surface area contributed by atoms with Crippen LogP contribution in [0.3, 0.4) is 0 Å². The molecule has 1 aliphatic rings. The molecule has 0 bridgehead atoms. The van der Waals surface area contributed by atoms with Gasteiger partial charge >= 0.3 is 5.97 Å². The molecule has 1 aromatic carbocycles. The molecule has 4 heteroatoms. The van der Waals surface area contributed by atoms with Gasteiger partial charge in [0, 0.05) is 23.8 Å². The van der Waals surface area contributed by atoms with Crippen LogP contribution in [0.1, 0.15) is 24.3 Å². The predicted octanol–water partition coefficient (Wildman–Crippen LogP) is 3.44. The van der Waals surface area contributed by atoms with Crippen molar-refractivity contribution in [2.24, 2.45) is 0 Å². The van der Waals surface area contributed by atoms with E-state index in [4.69, 9.17) is 5.11 Å².